The zero-order chi connectivity index (χ0) is 24.0. The normalized spacial score (nSPS) is 12.2. The Morgan fingerprint density at radius 3 is 1.94 bits per heavy atom. The van der Waals surface area contributed by atoms with Crippen molar-refractivity contribution in [2.75, 3.05) is 6.54 Å². The minimum Gasteiger partial charge on any atom is -0.422 e. The second-order valence-corrected chi connectivity index (χ2v) is 8.52. The second kappa shape index (κ2) is 13.6. The van der Waals surface area contributed by atoms with Gasteiger partial charge in [-0.2, -0.15) is 0 Å². The molecule has 13 heteroatoms. The number of ether oxygens (including phenoxy) is 1. The number of carbonyl (C=O) groups is 3. The van der Waals surface area contributed by atoms with E-state index in [1.165, 1.54) is 6.92 Å². The minimum atomic E-state index is -0.977. The van der Waals surface area contributed by atoms with Gasteiger partial charge in [-0.05, 0) is 12.5 Å². The monoisotopic (exact) mass is 619 g/mol. The topological polar surface area (TPSA) is 111 Å². The summed E-state index contributed by atoms with van der Waals surface area (Å²) in [5, 5.41) is 4.16. The second-order valence-electron chi connectivity index (χ2n) is 6.63. The average Bonchev–Trinajstić information content (AvgIpc) is 2.77. The van der Waals surface area contributed by atoms with E-state index in [-0.39, 0.29) is 54.3 Å². The van der Waals surface area contributed by atoms with Gasteiger partial charge < -0.3 is 21.1 Å². The van der Waals surface area contributed by atoms with Crippen molar-refractivity contribution < 1.29 is 19.1 Å². The van der Waals surface area contributed by atoms with Crippen LogP contribution in [0.4, 0.5) is 0 Å². The van der Waals surface area contributed by atoms with Gasteiger partial charge in [-0.15, -0.1) is 17.0 Å². The van der Waals surface area contributed by atoms with E-state index < -0.39 is 36.4 Å². The number of hydrogen-bond donors (Lipinski definition) is 3. The van der Waals surface area contributed by atoms with E-state index in [1.807, 2.05) is 6.07 Å². The van der Waals surface area contributed by atoms with Crippen LogP contribution in [0.25, 0.3) is 0 Å². The molecule has 0 aliphatic carbocycles. The molecule has 0 fully saturated rings. The molecule has 7 nitrogen and oxygen atoms in total. The Labute approximate surface area is 225 Å². The molecular weight excluding hydrogens is 603 g/mol. The lowest BCUT2D eigenvalue weighted by Crippen LogP contribution is -2.52. The number of nitrogens with one attached hydrogen (secondary N) is 2. The number of hydrogen-bond acceptors (Lipinski definition) is 5. The maximum absolute atomic E-state index is 12.7. The Morgan fingerprint density at radius 2 is 1.42 bits per heavy atom. The van der Waals surface area contributed by atoms with Crippen molar-refractivity contribution in [1.29, 1.82) is 0 Å². The summed E-state index contributed by atoms with van der Waals surface area (Å²) in [6, 6.07) is 7.20. The van der Waals surface area contributed by atoms with Crippen molar-refractivity contribution in [2.45, 2.75) is 25.4 Å². The molecule has 0 spiro atoms. The van der Waals surface area contributed by atoms with Crippen molar-refractivity contribution in [1.82, 2.24) is 10.6 Å². The SMILES string of the molecule is Br.CC(N)C(=O)NC(Cc1ccccc1)C(=O)NCC(=O)Oc1c(Cl)c(Cl)c(Cl)c(Cl)c1Cl. The molecule has 2 aromatic carbocycles. The van der Waals surface area contributed by atoms with Gasteiger partial charge in [0.25, 0.3) is 0 Å². The summed E-state index contributed by atoms with van der Waals surface area (Å²) in [4.78, 5) is 36.9. The molecule has 2 rings (SSSR count). The van der Waals surface area contributed by atoms with Gasteiger partial charge in [0.1, 0.15) is 22.6 Å². The van der Waals surface area contributed by atoms with Gasteiger partial charge in [0.05, 0.1) is 21.1 Å². The van der Waals surface area contributed by atoms with Crippen LogP contribution in [0.15, 0.2) is 30.3 Å². The molecule has 0 aliphatic heterocycles. The fourth-order valence-corrected chi connectivity index (χ4v) is 3.67. The van der Waals surface area contributed by atoms with Gasteiger partial charge in [-0.3, -0.25) is 9.59 Å². The highest BCUT2D eigenvalue weighted by Crippen LogP contribution is 2.48. The van der Waals surface area contributed by atoms with Gasteiger partial charge >= 0.3 is 5.97 Å². The zero-order valence-electron chi connectivity index (χ0n) is 17.0. The molecule has 0 saturated heterocycles. The standard InChI is InChI=1S/C20H18Cl5N3O4.BrH/c1-9(26)19(30)28-11(7-10-5-3-2-4-6-10)20(31)27-8-12(29)32-18-16(24)14(22)13(21)15(23)17(18)25;/h2-6,9,11H,7-8,26H2,1H3,(H,27,31)(H,28,30);1H. The van der Waals surface area contributed by atoms with Crippen LogP contribution in [0, 0.1) is 0 Å². The van der Waals surface area contributed by atoms with Gasteiger partial charge in [-0.1, -0.05) is 88.3 Å². The van der Waals surface area contributed by atoms with E-state index in [2.05, 4.69) is 10.6 Å². The molecule has 0 radical (unpaired) electrons. The molecular formula is C20H19BrCl5N3O4. The van der Waals surface area contributed by atoms with Crippen LogP contribution in [-0.4, -0.2) is 36.4 Å². The highest BCUT2D eigenvalue weighted by atomic mass is 79.9. The third-order valence-corrected chi connectivity index (χ3v) is 6.36. The van der Waals surface area contributed by atoms with Crippen LogP contribution < -0.4 is 21.1 Å². The molecule has 0 heterocycles. The largest absolute Gasteiger partial charge is 0.422 e. The van der Waals surface area contributed by atoms with Crippen molar-refractivity contribution >= 4 is 92.8 Å². The summed E-state index contributed by atoms with van der Waals surface area (Å²) < 4.78 is 5.11. The van der Waals surface area contributed by atoms with Crippen LogP contribution in [-0.2, 0) is 20.8 Å². The predicted octanol–water partition coefficient (Wildman–Crippen LogP) is 4.63. The molecule has 2 aromatic rings. The van der Waals surface area contributed by atoms with E-state index in [4.69, 9.17) is 68.5 Å². The average molecular weight is 623 g/mol. The molecule has 180 valence electrons. The lowest BCUT2D eigenvalue weighted by molar-refractivity contribution is -0.136. The van der Waals surface area contributed by atoms with Crippen LogP contribution >= 0.6 is 75.0 Å². The fraction of sp³-hybridized carbons (Fsp3) is 0.250. The molecule has 2 atom stereocenters. The lowest BCUT2D eigenvalue weighted by Gasteiger charge is -2.20. The van der Waals surface area contributed by atoms with Crippen LogP contribution in [0.3, 0.4) is 0 Å². The quantitative estimate of drug-likeness (QED) is 0.172. The number of halogens is 6. The Balaban J connectivity index is 0.00000544. The summed E-state index contributed by atoms with van der Waals surface area (Å²) in [5.74, 6) is -2.34. The third-order valence-electron chi connectivity index (χ3n) is 4.12. The summed E-state index contributed by atoms with van der Waals surface area (Å²) in [5.41, 5.74) is 6.37. The third kappa shape index (κ3) is 8.17. The zero-order valence-corrected chi connectivity index (χ0v) is 22.5. The van der Waals surface area contributed by atoms with E-state index in [9.17, 15) is 14.4 Å². The number of amides is 2. The highest BCUT2D eigenvalue weighted by Gasteiger charge is 2.25. The molecule has 2 amide bonds. The number of nitrogens with two attached hydrogens (primary N) is 1. The van der Waals surface area contributed by atoms with Crippen molar-refractivity contribution in [3.63, 3.8) is 0 Å². The number of benzene rings is 2. The molecule has 0 bridgehead atoms. The maximum Gasteiger partial charge on any atom is 0.330 e. The smallest absolute Gasteiger partial charge is 0.330 e. The van der Waals surface area contributed by atoms with Gasteiger partial charge in [-0.25, -0.2) is 4.79 Å². The summed E-state index contributed by atoms with van der Waals surface area (Å²) >= 11 is 29.8. The maximum atomic E-state index is 12.7. The molecule has 2 unspecified atom stereocenters. The molecule has 0 aromatic heterocycles. The molecule has 0 saturated carbocycles. The fourth-order valence-electron chi connectivity index (χ4n) is 2.47. The first-order valence-electron chi connectivity index (χ1n) is 9.12. The number of carbonyl (C=O) groups excluding carboxylic acids is 3. The van der Waals surface area contributed by atoms with E-state index in [1.54, 1.807) is 24.3 Å². The van der Waals surface area contributed by atoms with Crippen LogP contribution in [0.1, 0.15) is 12.5 Å². The number of rotatable bonds is 8. The molecule has 0 aliphatic rings. The summed E-state index contributed by atoms with van der Waals surface area (Å²) in [7, 11) is 0. The van der Waals surface area contributed by atoms with Crippen molar-refractivity contribution in [2.24, 2.45) is 5.73 Å². The van der Waals surface area contributed by atoms with Crippen LogP contribution in [0.2, 0.25) is 25.1 Å². The van der Waals surface area contributed by atoms with E-state index in [0.717, 1.165) is 5.56 Å². The van der Waals surface area contributed by atoms with Crippen LogP contribution in [0.5, 0.6) is 5.75 Å². The Hall–Kier alpha value is -1.26. The lowest BCUT2D eigenvalue weighted by atomic mass is 10.0. The first kappa shape index (κ1) is 29.8. The molecule has 4 N–H and O–H groups in total. The Kier molecular flexibility index (Phi) is 12.3. The predicted molar refractivity (Wildman–Crippen MR) is 136 cm³/mol. The first-order valence-corrected chi connectivity index (χ1v) is 11.0. The van der Waals surface area contributed by atoms with E-state index in [0.29, 0.717) is 0 Å². The minimum absolute atomic E-state index is 0. The Morgan fingerprint density at radius 1 is 0.909 bits per heavy atom. The highest BCUT2D eigenvalue weighted by molar-refractivity contribution is 8.93. The Bertz CT molecular complexity index is 996. The summed E-state index contributed by atoms with van der Waals surface area (Å²) in [6.45, 7) is 0.933. The molecule has 33 heavy (non-hydrogen) atoms. The van der Waals surface area contributed by atoms with Gasteiger partial charge in [0.2, 0.25) is 11.8 Å². The summed E-state index contributed by atoms with van der Waals surface area (Å²) in [6.07, 6.45) is 0.181. The van der Waals surface area contributed by atoms with Gasteiger partial charge in [0, 0.05) is 6.42 Å². The first-order chi connectivity index (χ1) is 15.0. The van der Waals surface area contributed by atoms with Crippen molar-refractivity contribution in [3.8, 4) is 5.75 Å². The van der Waals surface area contributed by atoms with E-state index >= 15 is 0 Å². The van der Waals surface area contributed by atoms with Crippen molar-refractivity contribution in [3.05, 3.63) is 61.0 Å². The number of esters is 1. The van der Waals surface area contributed by atoms with Gasteiger partial charge in [0.15, 0.2) is 5.75 Å².